The second-order valence-corrected chi connectivity index (χ2v) is 6.48. The third kappa shape index (κ3) is 3.53. The van der Waals surface area contributed by atoms with Crippen molar-refractivity contribution in [1.29, 1.82) is 0 Å². The Bertz CT molecular complexity index is 591. The normalized spacial score (nSPS) is 12.5. The highest BCUT2D eigenvalue weighted by molar-refractivity contribution is 9.10. The minimum atomic E-state index is -1.02. The summed E-state index contributed by atoms with van der Waals surface area (Å²) in [6, 6.07) is 4.26. The van der Waals surface area contributed by atoms with Crippen LogP contribution in [0.1, 0.15) is 11.0 Å². The molecule has 0 saturated carbocycles. The second kappa shape index (κ2) is 6.30. The lowest BCUT2D eigenvalue weighted by Gasteiger charge is -2.17. The summed E-state index contributed by atoms with van der Waals surface area (Å²) >= 11 is 7.86. The van der Waals surface area contributed by atoms with Crippen molar-refractivity contribution in [2.45, 2.75) is 6.10 Å². The number of rotatable bonds is 4. The number of hydrogen-bond donors (Lipinski definition) is 1. The summed E-state index contributed by atoms with van der Waals surface area (Å²) in [5, 5.41) is 1.87. The Morgan fingerprint density at radius 2 is 1.95 bits per heavy atom. The van der Waals surface area contributed by atoms with Gasteiger partial charge in [0, 0.05) is 25.7 Å². The maximum atomic E-state index is 13.6. The Kier molecular flexibility index (Phi) is 4.94. The fourth-order valence-electron chi connectivity index (χ4n) is 1.49. The van der Waals surface area contributed by atoms with Gasteiger partial charge in [0.25, 0.3) is 0 Å². The summed E-state index contributed by atoms with van der Waals surface area (Å²) in [4.78, 5) is 0.842. The summed E-state index contributed by atoms with van der Waals surface area (Å²) < 4.78 is 33.7. The Morgan fingerprint density at radius 3 is 2.53 bits per heavy atom. The van der Waals surface area contributed by atoms with E-state index in [4.69, 9.17) is 10.5 Å². The minimum Gasteiger partial charge on any atom is -0.480 e. The van der Waals surface area contributed by atoms with Crippen LogP contribution >= 0.6 is 43.2 Å². The van der Waals surface area contributed by atoms with Gasteiger partial charge in [-0.2, -0.15) is 4.39 Å². The smallest absolute Gasteiger partial charge is 0.200 e. The van der Waals surface area contributed by atoms with Crippen molar-refractivity contribution in [2.24, 2.45) is 5.73 Å². The Labute approximate surface area is 129 Å². The van der Waals surface area contributed by atoms with Gasteiger partial charge in [-0.25, -0.2) is 4.39 Å². The first kappa shape index (κ1) is 14.9. The molecule has 0 saturated heterocycles. The molecule has 1 heterocycles. The van der Waals surface area contributed by atoms with Gasteiger partial charge < -0.3 is 10.5 Å². The average molecular weight is 413 g/mol. The number of nitrogens with two attached hydrogens (primary N) is 1. The molecule has 0 aliphatic heterocycles. The molecule has 2 rings (SSSR count). The van der Waals surface area contributed by atoms with E-state index in [1.165, 1.54) is 17.4 Å². The molecule has 0 fully saturated rings. The molecule has 0 bridgehead atoms. The highest BCUT2D eigenvalue weighted by Gasteiger charge is 2.18. The lowest BCUT2D eigenvalue weighted by atomic mass is 10.2. The fourth-order valence-corrected chi connectivity index (χ4v) is 3.39. The van der Waals surface area contributed by atoms with Crippen LogP contribution in [-0.2, 0) is 0 Å². The molecule has 2 N–H and O–H groups in total. The number of thiophene rings is 1. The predicted molar refractivity (Wildman–Crippen MR) is 78.5 cm³/mol. The number of hydrogen-bond acceptors (Lipinski definition) is 3. The maximum Gasteiger partial charge on any atom is 0.200 e. The lowest BCUT2D eigenvalue weighted by Crippen LogP contribution is -2.18. The van der Waals surface area contributed by atoms with Gasteiger partial charge in [0.1, 0.15) is 6.10 Å². The van der Waals surface area contributed by atoms with Crippen molar-refractivity contribution >= 4 is 43.2 Å². The first-order valence-electron chi connectivity index (χ1n) is 5.26. The number of benzene rings is 1. The molecule has 0 spiro atoms. The van der Waals surface area contributed by atoms with E-state index in [0.717, 1.165) is 15.4 Å². The van der Waals surface area contributed by atoms with Crippen molar-refractivity contribution < 1.29 is 13.5 Å². The molecule has 0 radical (unpaired) electrons. The van der Waals surface area contributed by atoms with Crippen LogP contribution in [-0.4, -0.2) is 6.54 Å². The molecule has 1 unspecified atom stereocenters. The zero-order valence-corrected chi connectivity index (χ0v) is 13.5. The molecular formula is C12H9Br2F2NOS. The van der Waals surface area contributed by atoms with Gasteiger partial charge in [0.05, 0.1) is 0 Å². The van der Waals surface area contributed by atoms with E-state index in [2.05, 4.69) is 31.9 Å². The van der Waals surface area contributed by atoms with Gasteiger partial charge in [-0.3, -0.25) is 0 Å². The first-order chi connectivity index (χ1) is 9.01. The van der Waals surface area contributed by atoms with Crippen molar-refractivity contribution in [1.82, 2.24) is 0 Å². The van der Waals surface area contributed by atoms with E-state index < -0.39 is 17.7 Å². The molecule has 1 aromatic heterocycles. The van der Waals surface area contributed by atoms with Gasteiger partial charge in [0.2, 0.25) is 5.82 Å². The third-order valence-corrected chi connectivity index (χ3v) is 4.59. The summed E-state index contributed by atoms with van der Waals surface area (Å²) in [7, 11) is 0. The van der Waals surface area contributed by atoms with Crippen LogP contribution in [0.15, 0.2) is 32.5 Å². The van der Waals surface area contributed by atoms with Gasteiger partial charge in [0.15, 0.2) is 11.6 Å². The highest BCUT2D eigenvalue weighted by atomic mass is 79.9. The van der Waals surface area contributed by atoms with E-state index in [9.17, 15) is 8.78 Å². The van der Waals surface area contributed by atoms with Gasteiger partial charge in [-0.15, -0.1) is 11.3 Å². The van der Waals surface area contributed by atoms with Crippen LogP contribution in [0.25, 0.3) is 0 Å². The van der Waals surface area contributed by atoms with E-state index >= 15 is 0 Å². The molecule has 2 aromatic rings. The standard InChI is InChI=1S/C12H9Br2F2NOS/c13-6-1-8(15)12(16)9(2-6)18-10(4-17)11-3-7(14)5-19-11/h1-3,5,10H,4,17H2. The molecule has 102 valence electrons. The largest absolute Gasteiger partial charge is 0.480 e. The van der Waals surface area contributed by atoms with Crippen molar-refractivity contribution in [3.05, 3.63) is 49.0 Å². The zero-order valence-electron chi connectivity index (χ0n) is 9.50. The van der Waals surface area contributed by atoms with Crippen molar-refractivity contribution in [3.63, 3.8) is 0 Å². The van der Waals surface area contributed by atoms with Crippen LogP contribution < -0.4 is 10.5 Å². The van der Waals surface area contributed by atoms with E-state index in [1.807, 2.05) is 11.4 Å². The lowest BCUT2D eigenvalue weighted by molar-refractivity contribution is 0.205. The van der Waals surface area contributed by atoms with Gasteiger partial charge >= 0.3 is 0 Å². The topological polar surface area (TPSA) is 35.2 Å². The molecule has 0 amide bonds. The summed E-state index contributed by atoms with van der Waals surface area (Å²) in [5.41, 5.74) is 5.63. The second-order valence-electron chi connectivity index (χ2n) is 3.71. The Morgan fingerprint density at radius 1 is 1.21 bits per heavy atom. The maximum absolute atomic E-state index is 13.6. The minimum absolute atomic E-state index is 0.160. The van der Waals surface area contributed by atoms with Crippen LogP contribution in [0.3, 0.4) is 0 Å². The van der Waals surface area contributed by atoms with E-state index in [-0.39, 0.29) is 12.3 Å². The molecule has 7 heteroatoms. The molecule has 19 heavy (non-hydrogen) atoms. The quantitative estimate of drug-likeness (QED) is 0.743. The van der Waals surface area contributed by atoms with Gasteiger partial charge in [-0.1, -0.05) is 15.9 Å². The third-order valence-electron chi connectivity index (χ3n) is 2.35. The molecule has 0 aliphatic rings. The monoisotopic (exact) mass is 411 g/mol. The van der Waals surface area contributed by atoms with Crippen LogP contribution in [0.4, 0.5) is 8.78 Å². The van der Waals surface area contributed by atoms with E-state index in [0.29, 0.717) is 4.47 Å². The highest BCUT2D eigenvalue weighted by Crippen LogP contribution is 2.32. The summed E-state index contributed by atoms with van der Waals surface area (Å²) in [6.07, 6.45) is -0.514. The van der Waals surface area contributed by atoms with Crippen LogP contribution in [0.5, 0.6) is 5.75 Å². The number of halogens is 4. The molecule has 0 aliphatic carbocycles. The van der Waals surface area contributed by atoms with E-state index in [1.54, 1.807) is 0 Å². The Balaban J connectivity index is 2.28. The van der Waals surface area contributed by atoms with Crippen LogP contribution in [0, 0.1) is 11.6 Å². The average Bonchev–Trinajstić information content (AvgIpc) is 2.78. The van der Waals surface area contributed by atoms with Crippen molar-refractivity contribution in [2.75, 3.05) is 6.54 Å². The fraction of sp³-hybridized carbons (Fsp3) is 0.167. The first-order valence-corrected chi connectivity index (χ1v) is 7.73. The number of ether oxygens (including phenoxy) is 1. The molecule has 2 nitrogen and oxygen atoms in total. The predicted octanol–water partition coefficient (Wildman–Crippen LogP) is 4.63. The molecule has 1 atom stereocenters. The van der Waals surface area contributed by atoms with Crippen molar-refractivity contribution in [3.8, 4) is 5.75 Å². The molecule has 1 aromatic carbocycles. The van der Waals surface area contributed by atoms with Crippen LogP contribution in [0.2, 0.25) is 0 Å². The Hall–Kier alpha value is -0.500. The SMILES string of the molecule is NCC(Oc1cc(Br)cc(F)c1F)c1cc(Br)cs1. The summed E-state index contributed by atoms with van der Waals surface area (Å²) in [5.74, 6) is -2.14. The van der Waals surface area contributed by atoms with Gasteiger partial charge in [-0.05, 0) is 34.1 Å². The zero-order chi connectivity index (χ0) is 14.0. The summed E-state index contributed by atoms with van der Waals surface area (Å²) in [6.45, 7) is 0.167. The molecular weight excluding hydrogens is 404 g/mol.